The molecule has 31 heavy (non-hydrogen) atoms. The monoisotopic (exact) mass is 426 g/mol. The summed E-state index contributed by atoms with van der Waals surface area (Å²) in [6.07, 6.45) is 7.42. The van der Waals surface area contributed by atoms with Crippen LogP contribution in [0.3, 0.4) is 0 Å². The van der Waals surface area contributed by atoms with E-state index in [9.17, 15) is 14.4 Å². The minimum Gasteiger partial charge on any atom is -0.466 e. The van der Waals surface area contributed by atoms with Gasteiger partial charge in [-0.05, 0) is 63.4 Å². The lowest BCUT2D eigenvalue weighted by Gasteiger charge is -2.31. The second-order valence-corrected chi connectivity index (χ2v) is 9.70. The molecule has 0 bridgehead atoms. The van der Waals surface area contributed by atoms with E-state index in [0.29, 0.717) is 31.3 Å². The molecule has 0 saturated heterocycles. The van der Waals surface area contributed by atoms with Crippen LogP contribution in [0.15, 0.2) is 30.3 Å². The van der Waals surface area contributed by atoms with E-state index in [0.717, 1.165) is 32.1 Å². The largest absolute Gasteiger partial charge is 0.466 e. The maximum atomic E-state index is 13.6. The molecule has 0 aliphatic heterocycles. The highest BCUT2D eigenvalue weighted by Crippen LogP contribution is 2.50. The summed E-state index contributed by atoms with van der Waals surface area (Å²) in [5, 5.41) is 0. The van der Waals surface area contributed by atoms with Gasteiger partial charge in [0.25, 0.3) is 0 Å². The Balaban J connectivity index is 1.70. The summed E-state index contributed by atoms with van der Waals surface area (Å²) in [7, 11) is 0. The molecule has 2 fully saturated rings. The molecule has 0 amide bonds. The molecule has 4 nitrogen and oxygen atoms in total. The molecule has 6 unspecified atom stereocenters. The van der Waals surface area contributed by atoms with Crippen LogP contribution in [0.4, 0.5) is 0 Å². The van der Waals surface area contributed by atoms with Gasteiger partial charge in [0.1, 0.15) is 11.6 Å². The molecule has 2 saturated carbocycles. The molecule has 0 radical (unpaired) electrons. The maximum absolute atomic E-state index is 13.6. The van der Waals surface area contributed by atoms with Crippen LogP contribution >= 0.6 is 0 Å². The number of hydrogen-bond acceptors (Lipinski definition) is 4. The van der Waals surface area contributed by atoms with E-state index in [1.807, 2.05) is 32.0 Å². The van der Waals surface area contributed by atoms with Crippen LogP contribution in [0.25, 0.3) is 0 Å². The Morgan fingerprint density at radius 2 is 1.81 bits per heavy atom. The number of ether oxygens (including phenoxy) is 1. The first kappa shape index (κ1) is 23.7. The maximum Gasteiger partial charge on any atom is 0.308 e. The van der Waals surface area contributed by atoms with Crippen molar-refractivity contribution in [2.45, 2.75) is 72.1 Å². The first-order chi connectivity index (χ1) is 14.9. The third-order valence-corrected chi connectivity index (χ3v) is 7.64. The van der Waals surface area contributed by atoms with Gasteiger partial charge in [-0.3, -0.25) is 14.4 Å². The normalized spacial score (nSPS) is 27.2. The third-order valence-electron chi connectivity index (χ3n) is 7.64. The summed E-state index contributed by atoms with van der Waals surface area (Å²) < 4.78 is 5.34. The molecule has 2 aliphatic carbocycles. The van der Waals surface area contributed by atoms with Gasteiger partial charge >= 0.3 is 5.97 Å². The van der Waals surface area contributed by atoms with E-state index < -0.39 is 0 Å². The molecule has 6 atom stereocenters. The van der Waals surface area contributed by atoms with Crippen molar-refractivity contribution in [3.8, 4) is 0 Å². The quantitative estimate of drug-likeness (QED) is 0.468. The first-order valence-electron chi connectivity index (χ1n) is 12.2. The van der Waals surface area contributed by atoms with E-state index >= 15 is 0 Å². The Hall–Kier alpha value is -1.97. The fourth-order valence-electron chi connectivity index (χ4n) is 6.05. The Bertz CT molecular complexity index is 756. The lowest BCUT2D eigenvalue weighted by Crippen LogP contribution is -2.35. The number of carbonyl (C=O) groups is 3. The zero-order chi connectivity index (χ0) is 22.4. The van der Waals surface area contributed by atoms with Gasteiger partial charge in [-0.15, -0.1) is 0 Å². The number of ketones is 2. The van der Waals surface area contributed by atoms with Crippen LogP contribution in [0.2, 0.25) is 0 Å². The minimum atomic E-state index is -0.293. The first-order valence-corrected chi connectivity index (χ1v) is 12.2. The number of Topliss-reactive ketones (excluding diaryl/α,β-unsaturated/α-hetero) is 2. The number of rotatable bonds is 10. The highest BCUT2D eigenvalue weighted by molar-refractivity contribution is 5.91. The summed E-state index contributed by atoms with van der Waals surface area (Å²) >= 11 is 0. The zero-order valence-electron chi connectivity index (χ0n) is 19.3. The summed E-state index contributed by atoms with van der Waals surface area (Å²) in [5.41, 5.74) is 1.19. The average Bonchev–Trinajstić information content (AvgIpc) is 3.16. The van der Waals surface area contributed by atoms with Crippen LogP contribution in [0.1, 0.15) is 71.3 Å². The van der Waals surface area contributed by atoms with Crippen LogP contribution < -0.4 is 0 Å². The highest BCUT2D eigenvalue weighted by Gasteiger charge is 2.49. The standard InChI is InChI=1S/C27H38O4/c1-4-31-27(30)22(15-14-20-10-6-5-7-11-20)16-18(2)26(29)25-23-13-9-8-12-21(23)17-24(25)19(3)28/h5-7,10-11,18,21-25H,4,8-9,12-17H2,1-3H3. The Morgan fingerprint density at radius 1 is 1.10 bits per heavy atom. The SMILES string of the molecule is CCOC(=O)C(CCc1ccccc1)CC(C)C(=O)C1C(C(C)=O)CC2CCCCC21. The lowest BCUT2D eigenvalue weighted by molar-refractivity contribution is -0.149. The van der Waals surface area contributed by atoms with Gasteiger partial charge in [0.2, 0.25) is 0 Å². The van der Waals surface area contributed by atoms with Crippen molar-refractivity contribution in [1.82, 2.24) is 0 Å². The van der Waals surface area contributed by atoms with E-state index in [1.54, 1.807) is 6.92 Å². The Morgan fingerprint density at radius 3 is 2.48 bits per heavy atom. The molecule has 1 aromatic carbocycles. The number of esters is 1. The fraction of sp³-hybridized carbons (Fsp3) is 0.667. The van der Waals surface area contributed by atoms with E-state index in [2.05, 4.69) is 12.1 Å². The van der Waals surface area contributed by atoms with E-state index in [4.69, 9.17) is 4.74 Å². The molecule has 3 rings (SSSR count). The van der Waals surface area contributed by atoms with Crippen molar-refractivity contribution in [2.24, 2.45) is 35.5 Å². The minimum absolute atomic E-state index is 0.131. The molecule has 0 spiro atoms. The number of benzene rings is 1. The van der Waals surface area contributed by atoms with E-state index in [1.165, 1.54) is 12.0 Å². The number of carbonyl (C=O) groups excluding carboxylic acids is 3. The van der Waals surface area contributed by atoms with Crippen LogP contribution in [-0.2, 0) is 25.5 Å². The molecule has 4 heteroatoms. The molecule has 2 aliphatic rings. The van der Waals surface area contributed by atoms with Crippen molar-refractivity contribution in [1.29, 1.82) is 0 Å². The molecular weight excluding hydrogens is 388 g/mol. The van der Waals surface area contributed by atoms with Gasteiger partial charge < -0.3 is 4.74 Å². The molecule has 0 N–H and O–H groups in total. The second kappa shape index (κ2) is 11.1. The second-order valence-electron chi connectivity index (χ2n) is 9.70. The summed E-state index contributed by atoms with van der Waals surface area (Å²) in [5.74, 6) is 0.197. The average molecular weight is 427 g/mol. The van der Waals surface area contributed by atoms with Gasteiger partial charge in [0, 0.05) is 17.8 Å². The van der Waals surface area contributed by atoms with Crippen molar-refractivity contribution >= 4 is 17.5 Å². The van der Waals surface area contributed by atoms with Crippen molar-refractivity contribution in [3.63, 3.8) is 0 Å². The summed E-state index contributed by atoms with van der Waals surface area (Å²) in [4.78, 5) is 38.6. The topological polar surface area (TPSA) is 60.4 Å². The number of hydrogen-bond donors (Lipinski definition) is 0. The molecule has 0 heterocycles. The van der Waals surface area contributed by atoms with Gasteiger partial charge in [0.15, 0.2) is 0 Å². The summed E-state index contributed by atoms with van der Waals surface area (Å²) in [6.45, 7) is 5.76. The highest BCUT2D eigenvalue weighted by atomic mass is 16.5. The van der Waals surface area contributed by atoms with Crippen molar-refractivity contribution in [2.75, 3.05) is 6.61 Å². The third kappa shape index (κ3) is 5.84. The van der Waals surface area contributed by atoms with Crippen LogP contribution in [0.5, 0.6) is 0 Å². The Labute approximate surface area is 187 Å². The predicted molar refractivity (Wildman–Crippen MR) is 121 cm³/mol. The van der Waals surface area contributed by atoms with Gasteiger partial charge in [-0.25, -0.2) is 0 Å². The molecular formula is C27H38O4. The zero-order valence-corrected chi connectivity index (χ0v) is 19.3. The lowest BCUT2D eigenvalue weighted by atomic mass is 9.72. The Kier molecular flexibility index (Phi) is 8.45. The fourth-order valence-corrected chi connectivity index (χ4v) is 6.05. The van der Waals surface area contributed by atoms with Crippen molar-refractivity contribution in [3.05, 3.63) is 35.9 Å². The predicted octanol–water partition coefficient (Wildman–Crippen LogP) is 5.43. The molecule has 170 valence electrons. The van der Waals surface area contributed by atoms with Gasteiger partial charge in [0.05, 0.1) is 12.5 Å². The van der Waals surface area contributed by atoms with Gasteiger partial charge in [-0.2, -0.15) is 0 Å². The number of fused-ring (bicyclic) bond motifs is 1. The molecule has 1 aromatic rings. The van der Waals surface area contributed by atoms with Crippen LogP contribution in [0, 0.1) is 35.5 Å². The van der Waals surface area contributed by atoms with Crippen LogP contribution in [-0.4, -0.2) is 24.1 Å². The molecule has 0 aromatic heterocycles. The smallest absolute Gasteiger partial charge is 0.308 e. The summed E-state index contributed by atoms with van der Waals surface area (Å²) in [6, 6.07) is 10.1. The van der Waals surface area contributed by atoms with Crippen molar-refractivity contribution < 1.29 is 19.1 Å². The van der Waals surface area contributed by atoms with E-state index in [-0.39, 0.29) is 41.2 Å². The number of aryl methyl sites for hydroxylation is 1. The van der Waals surface area contributed by atoms with Gasteiger partial charge in [-0.1, -0.05) is 56.5 Å².